The number of likely N-dealkylation sites (tertiary alicyclic amines) is 2. The van der Waals surface area contributed by atoms with E-state index in [9.17, 15) is 4.79 Å². The lowest BCUT2D eigenvalue weighted by Gasteiger charge is -2.34. The van der Waals surface area contributed by atoms with Crippen molar-refractivity contribution in [2.24, 2.45) is 16.8 Å². The van der Waals surface area contributed by atoms with Crippen LogP contribution in [0.4, 0.5) is 0 Å². The highest BCUT2D eigenvalue weighted by Crippen LogP contribution is 2.18. The fourth-order valence-corrected chi connectivity index (χ4v) is 3.69. The molecule has 2 aliphatic rings. The highest BCUT2D eigenvalue weighted by Gasteiger charge is 2.28. The molecule has 2 unspecified atom stereocenters. The van der Waals surface area contributed by atoms with Crippen LogP contribution in [0.1, 0.15) is 39.5 Å². The van der Waals surface area contributed by atoms with E-state index in [2.05, 4.69) is 27.0 Å². The minimum atomic E-state index is -0.0694. The van der Waals surface area contributed by atoms with Gasteiger partial charge in [0.1, 0.15) is 0 Å². The van der Waals surface area contributed by atoms with Gasteiger partial charge in [0, 0.05) is 33.2 Å². The van der Waals surface area contributed by atoms with Gasteiger partial charge in [0.15, 0.2) is 5.96 Å². The van der Waals surface area contributed by atoms with E-state index in [1.165, 1.54) is 25.9 Å². The van der Waals surface area contributed by atoms with Crippen LogP contribution < -0.4 is 5.32 Å². The number of hydrogen-bond donors (Lipinski definition) is 1. The van der Waals surface area contributed by atoms with Gasteiger partial charge in [-0.1, -0.05) is 6.92 Å². The number of nitrogens with one attached hydrogen (secondary N) is 1. The lowest BCUT2D eigenvalue weighted by atomic mass is 9.98. The molecule has 1 N–H and O–H groups in total. The van der Waals surface area contributed by atoms with Crippen LogP contribution in [0.5, 0.6) is 0 Å². The van der Waals surface area contributed by atoms with Gasteiger partial charge in [0.2, 0.25) is 0 Å². The Morgan fingerprint density at radius 1 is 1.29 bits per heavy atom. The van der Waals surface area contributed by atoms with Gasteiger partial charge in [-0.3, -0.25) is 9.79 Å². The smallest absolute Gasteiger partial charge is 0.310 e. The Balaban J connectivity index is 1.78. The maximum atomic E-state index is 12.0. The Bertz CT molecular complexity index is 421. The number of carbonyl (C=O) groups is 1. The summed E-state index contributed by atoms with van der Waals surface area (Å²) >= 11 is 0. The highest BCUT2D eigenvalue weighted by molar-refractivity contribution is 5.81. The lowest BCUT2D eigenvalue weighted by Crippen LogP contribution is -2.49. The van der Waals surface area contributed by atoms with E-state index in [4.69, 9.17) is 4.74 Å². The summed E-state index contributed by atoms with van der Waals surface area (Å²) in [6.45, 7) is 10.8. The maximum Gasteiger partial charge on any atom is 0.310 e. The number of ether oxygens (including phenoxy) is 1. The van der Waals surface area contributed by atoms with Gasteiger partial charge < -0.3 is 19.9 Å². The van der Waals surface area contributed by atoms with Crippen molar-refractivity contribution in [1.29, 1.82) is 0 Å². The second-order valence-corrected chi connectivity index (χ2v) is 7.08. The topological polar surface area (TPSA) is 57.2 Å². The zero-order chi connectivity index (χ0) is 17.4. The minimum absolute atomic E-state index is 0.0285. The summed E-state index contributed by atoms with van der Waals surface area (Å²) in [7, 11) is 1.82. The summed E-state index contributed by atoms with van der Waals surface area (Å²) in [5.41, 5.74) is 0. The molecule has 0 aromatic heterocycles. The molecule has 2 heterocycles. The molecule has 138 valence electrons. The maximum absolute atomic E-state index is 12.0. The molecular formula is C18H34N4O2. The summed E-state index contributed by atoms with van der Waals surface area (Å²) in [6, 6.07) is 0. The third kappa shape index (κ3) is 5.65. The molecule has 0 saturated carbocycles. The molecule has 0 bridgehead atoms. The predicted molar refractivity (Wildman–Crippen MR) is 97.1 cm³/mol. The first-order chi connectivity index (χ1) is 11.6. The van der Waals surface area contributed by atoms with Crippen molar-refractivity contribution < 1.29 is 9.53 Å². The Morgan fingerprint density at radius 3 is 2.71 bits per heavy atom. The van der Waals surface area contributed by atoms with Crippen molar-refractivity contribution in [3.63, 3.8) is 0 Å². The molecule has 0 spiro atoms. The molecule has 2 rings (SSSR count). The van der Waals surface area contributed by atoms with E-state index in [1.807, 2.05) is 14.0 Å². The number of rotatable bonds is 6. The Labute approximate surface area is 146 Å². The normalized spacial score (nSPS) is 24.0. The standard InChI is InChI=1S/C18H34N4O2/c1-4-24-17(23)16-8-7-11-22(14-16)18(19-3)20-12-15(2)13-21-9-5-6-10-21/h15-16H,4-14H2,1-3H3,(H,19,20). The van der Waals surface area contributed by atoms with Crippen LogP contribution in [0.2, 0.25) is 0 Å². The van der Waals surface area contributed by atoms with Gasteiger partial charge in [-0.2, -0.15) is 0 Å². The lowest BCUT2D eigenvalue weighted by molar-refractivity contribution is -0.149. The average Bonchev–Trinajstić information content (AvgIpc) is 3.09. The van der Waals surface area contributed by atoms with Gasteiger partial charge in [0.25, 0.3) is 0 Å². The first-order valence-corrected chi connectivity index (χ1v) is 9.48. The van der Waals surface area contributed by atoms with Gasteiger partial charge in [0.05, 0.1) is 12.5 Å². The molecule has 0 amide bonds. The summed E-state index contributed by atoms with van der Waals surface area (Å²) in [6.07, 6.45) is 4.60. The molecule has 2 saturated heterocycles. The Kier molecular flexibility index (Phi) is 7.82. The quantitative estimate of drug-likeness (QED) is 0.453. The summed E-state index contributed by atoms with van der Waals surface area (Å²) in [5.74, 6) is 1.40. The van der Waals surface area contributed by atoms with Crippen LogP contribution in [0.3, 0.4) is 0 Å². The third-order valence-corrected chi connectivity index (χ3v) is 4.93. The number of hydrogen-bond acceptors (Lipinski definition) is 4. The minimum Gasteiger partial charge on any atom is -0.466 e. The molecule has 2 fully saturated rings. The number of guanidine groups is 1. The molecule has 2 atom stereocenters. The van der Waals surface area contributed by atoms with Crippen LogP contribution >= 0.6 is 0 Å². The largest absolute Gasteiger partial charge is 0.466 e. The molecule has 6 heteroatoms. The van der Waals surface area contributed by atoms with Gasteiger partial charge in [-0.15, -0.1) is 0 Å². The highest BCUT2D eigenvalue weighted by atomic mass is 16.5. The van der Waals surface area contributed by atoms with Crippen molar-refractivity contribution in [2.75, 3.05) is 52.9 Å². The van der Waals surface area contributed by atoms with E-state index in [0.29, 0.717) is 19.1 Å². The van der Waals surface area contributed by atoms with Crippen molar-refractivity contribution in [2.45, 2.75) is 39.5 Å². The van der Waals surface area contributed by atoms with Gasteiger partial charge >= 0.3 is 5.97 Å². The van der Waals surface area contributed by atoms with Crippen LogP contribution in [-0.2, 0) is 9.53 Å². The first kappa shape index (κ1) is 19.0. The predicted octanol–water partition coefficient (Wildman–Crippen LogP) is 1.57. The molecule has 24 heavy (non-hydrogen) atoms. The van der Waals surface area contributed by atoms with E-state index in [0.717, 1.165) is 38.4 Å². The van der Waals surface area contributed by atoms with Gasteiger partial charge in [-0.25, -0.2) is 0 Å². The number of esters is 1. The first-order valence-electron chi connectivity index (χ1n) is 9.48. The molecule has 2 aliphatic heterocycles. The van der Waals surface area contributed by atoms with Crippen molar-refractivity contribution >= 4 is 11.9 Å². The molecule has 0 radical (unpaired) electrons. The molecule has 0 aromatic rings. The second kappa shape index (κ2) is 9.87. The van der Waals surface area contributed by atoms with Crippen LogP contribution in [-0.4, -0.2) is 74.7 Å². The average molecular weight is 338 g/mol. The molecular weight excluding hydrogens is 304 g/mol. The molecule has 6 nitrogen and oxygen atoms in total. The third-order valence-electron chi connectivity index (χ3n) is 4.93. The monoisotopic (exact) mass is 338 g/mol. The zero-order valence-corrected chi connectivity index (χ0v) is 15.6. The molecule has 0 aromatic carbocycles. The zero-order valence-electron chi connectivity index (χ0n) is 15.6. The fraction of sp³-hybridized carbons (Fsp3) is 0.889. The molecule has 0 aliphatic carbocycles. The van der Waals surface area contributed by atoms with E-state index in [1.54, 1.807) is 0 Å². The summed E-state index contributed by atoms with van der Waals surface area (Å²) < 4.78 is 5.18. The summed E-state index contributed by atoms with van der Waals surface area (Å²) in [4.78, 5) is 21.2. The van der Waals surface area contributed by atoms with E-state index < -0.39 is 0 Å². The Morgan fingerprint density at radius 2 is 2.04 bits per heavy atom. The second-order valence-electron chi connectivity index (χ2n) is 7.08. The van der Waals surface area contributed by atoms with Crippen LogP contribution in [0.15, 0.2) is 4.99 Å². The number of carbonyl (C=O) groups excluding carboxylic acids is 1. The van der Waals surface area contributed by atoms with E-state index >= 15 is 0 Å². The fourth-order valence-electron chi connectivity index (χ4n) is 3.69. The van der Waals surface area contributed by atoms with Gasteiger partial charge in [-0.05, 0) is 51.6 Å². The van der Waals surface area contributed by atoms with Crippen LogP contribution in [0.25, 0.3) is 0 Å². The SMILES string of the molecule is CCOC(=O)C1CCCN(C(=NC)NCC(C)CN2CCCC2)C1. The van der Waals surface area contributed by atoms with Crippen molar-refractivity contribution in [3.05, 3.63) is 0 Å². The Hall–Kier alpha value is -1.30. The number of aliphatic imine (C=N–C) groups is 1. The van der Waals surface area contributed by atoms with E-state index in [-0.39, 0.29) is 11.9 Å². The number of piperidine rings is 1. The van der Waals surface area contributed by atoms with Crippen molar-refractivity contribution in [3.8, 4) is 0 Å². The van der Waals surface area contributed by atoms with Crippen LogP contribution in [0, 0.1) is 11.8 Å². The van der Waals surface area contributed by atoms with Crippen molar-refractivity contribution in [1.82, 2.24) is 15.1 Å². The summed E-state index contributed by atoms with van der Waals surface area (Å²) in [5, 5.41) is 3.50. The number of nitrogens with zero attached hydrogens (tertiary/aromatic N) is 3.